The molecule has 1 saturated heterocycles. The van der Waals surface area contributed by atoms with E-state index in [-0.39, 0.29) is 0 Å². The average molecular weight is 179 g/mol. The molecule has 0 aliphatic carbocycles. The topological polar surface area (TPSA) is 12.5 Å². The second-order valence-electron chi connectivity index (χ2n) is 2.16. The van der Waals surface area contributed by atoms with Crippen LogP contribution in [-0.2, 0) is 4.74 Å². The Hall–Kier alpha value is 0.440. The van der Waals surface area contributed by atoms with Crippen molar-refractivity contribution in [2.75, 3.05) is 5.33 Å². The van der Waals surface area contributed by atoms with Gasteiger partial charge in [0.2, 0.25) is 0 Å². The molecule has 0 aromatic carbocycles. The van der Waals surface area contributed by atoms with Crippen LogP contribution >= 0.6 is 15.9 Å². The standard InChI is InChI=1S/C6H11BrO/c1-2-3-5-6(4-7)8-5/h5-6H,2-4H2,1H3/t5-,6+/m0/s1. The van der Waals surface area contributed by atoms with Crippen molar-refractivity contribution in [3.63, 3.8) is 0 Å². The van der Waals surface area contributed by atoms with Gasteiger partial charge in [0.15, 0.2) is 0 Å². The fourth-order valence-corrected chi connectivity index (χ4v) is 1.42. The minimum Gasteiger partial charge on any atom is -0.369 e. The predicted octanol–water partition coefficient (Wildman–Crippen LogP) is 1.95. The Labute approximate surface area is 58.5 Å². The van der Waals surface area contributed by atoms with Gasteiger partial charge in [-0.3, -0.25) is 0 Å². The van der Waals surface area contributed by atoms with Crippen LogP contribution in [0, 0.1) is 0 Å². The quantitative estimate of drug-likeness (QED) is 0.476. The van der Waals surface area contributed by atoms with Crippen LogP contribution in [0.1, 0.15) is 19.8 Å². The summed E-state index contributed by atoms with van der Waals surface area (Å²) in [5, 5.41) is 1.01. The first-order chi connectivity index (χ1) is 3.88. The molecule has 1 heterocycles. The highest BCUT2D eigenvalue weighted by atomic mass is 79.9. The van der Waals surface area contributed by atoms with Crippen LogP contribution in [-0.4, -0.2) is 17.5 Å². The van der Waals surface area contributed by atoms with Gasteiger partial charge in [-0.1, -0.05) is 29.3 Å². The summed E-state index contributed by atoms with van der Waals surface area (Å²) in [6.07, 6.45) is 3.60. The van der Waals surface area contributed by atoms with Crippen molar-refractivity contribution in [3.05, 3.63) is 0 Å². The van der Waals surface area contributed by atoms with Gasteiger partial charge in [-0.25, -0.2) is 0 Å². The highest BCUT2D eigenvalue weighted by molar-refractivity contribution is 9.09. The highest BCUT2D eigenvalue weighted by Gasteiger charge is 2.36. The van der Waals surface area contributed by atoms with E-state index in [0.29, 0.717) is 12.2 Å². The summed E-state index contributed by atoms with van der Waals surface area (Å²) < 4.78 is 5.26. The second-order valence-corrected chi connectivity index (χ2v) is 2.80. The number of halogens is 1. The molecule has 2 atom stereocenters. The van der Waals surface area contributed by atoms with Crippen molar-refractivity contribution in [1.29, 1.82) is 0 Å². The molecule has 0 aromatic heterocycles. The third-order valence-corrected chi connectivity index (χ3v) is 2.05. The van der Waals surface area contributed by atoms with Gasteiger partial charge in [-0.15, -0.1) is 0 Å². The predicted molar refractivity (Wildman–Crippen MR) is 37.4 cm³/mol. The number of epoxide rings is 1. The van der Waals surface area contributed by atoms with Crippen LogP contribution in [0.3, 0.4) is 0 Å². The molecular weight excluding hydrogens is 168 g/mol. The summed E-state index contributed by atoms with van der Waals surface area (Å²) in [4.78, 5) is 0. The largest absolute Gasteiger partial charge is 0.369 e. The molecule has 0 N–H and O–H groups in total. The zero-order valence-electron chi connectivity index (χ0n) is 5.06. The van der Waals surface area contributed by atoms with Gasteiger partial charge < -0.3 is 4.74 Å². The maximum Gasteiger partial charge on any atom is 0.0938 e. The molecule has 0 bridgehead atoms. The molecule has 0 spiro atoms. The van der Waals surface area contributed by atoms with Crippen molar-refractivity contribution >= 4 is 15.9 Å². The van der Waals surface area contributed by atoms with E-state index in [4.69, 9.17) is 4.74 Å². The molecule has 48 valence electrons. The van der Waals surface area contributed by atoms with Crippen LogP contribution in [0.4, 0.5) is 0 Å². The summed E-state index contributed by atoms with van der Waals surface area (Å²) in [5.74, 6) is 0. The smallest absolute Gasteiger partial charge is 0.0938 e. The molecular formula is C6H11BrO. The van der Waals surface area contributed by atoms with E-state index < -0.39 is 0 Å². The second kappa shape index (κ2) is 2.83. The summed E-state index contributed by atoms with van der Waals surface area (Å²) in [6.45, 7) is 2.19. The Balaban J connectivity index is 1.99. The average Bonchev–Trinajstić information content (AvgIpc) is 2.48. The first kappa shape index (κ1) is 6.56. The van der Waals surface area contributed by atoms with Gasteiger partial charge in [0.05, 0.1) is 12.2 Å². The number of ether oxygens (including phenoxy) is 1. The highest BCUT2D eigenvalue weighted by Crippen LogP contribution is 2.27. The van der Waals surface area contributed by atoms with E-state index >= 15 is 0 Å². The van der Waals surface area contributed by atoms with E-state index in [9.17, 15) is 0 Å². The zero-order chi connectivity index (χ0) is 5.98. The van der Waals surface area contributed by atoms with Gasteiger partial charge in [0, 0.05) is 5.33 Å². The molecule has 0 saturated carbocycles. The lowest BCUT2D eigenvalue weighted by molar-refractivity contribution is 0.371. The maximum absolute atomic E-state index is 5.26. The third-order valence-electron chi connectivity index (χ3n) is 1.41. The van der Waals surface area contributed by atoms with Gasteiger partial charge in [0.1, 0.15) is 0 Å². The Bertz CT molecular complexity index is 74.9. The minimum absolute atomic E-state index is 0.537. The molecule has 1 fully saturated rings. The van der Waals surface area contributed by atoms with Crippen molar-refractivity contribution < 1.29 is 4.74 Å². The Morgan fingerprint density at radius 2 is 2.25 bits per heavy atom. The van der Waals surface area contributed by atoms with Crippen LogP contribution in [0.5, 0.6) is 0 Å². The molecule has 0 amide bonds. The molecule has 1 aliphatic rings. The van der Waals surface area contributed by atoms with E-state index in [0.717, 1.165) is 5.33 Å². The summed E-state index contributed by atoms with van der Waals surface area (Å²) in [7, 11) is 0. The summed E-state index contributed by atoms with van der Waals surface area (Å²) >= 11 is 3.36. The fourth-order valence-electron chi connectivity index (χ4n) is 0.853. The molecule has 2 heteroatoms. The molecule has 1 aliphatic heterocycles. The van der Waals surface area contributed by atoms with Gasteiger partial charge in [-0.2, -0.15) is 0 Å². The van der Waals surface area contributed by atoms with Gasteiger partial charge >= 0.3 is 0 Å². The molecule has 1 rings (SSSR count). The van der Waals surface area contributed by atoms with E-state index in [1.165, 1.54) is 12.8 Å². The lowest BCUT2D eigenvalue weighted by atomic mass is 10.2. The van der Waals surface area contributed by atoms with Crippen LogP contribution in [0.15, 0.2) is 0 Å². The van der Waals surface area contributed by atoms with E-state index in [1.54, 1.807) is 0 Å². The van der Waals surface area contributed by atoms with Gasteiger partial charge in [-0.05, 0) is 6.42 Å². The van der Waals surface area contributed by atoms with E-state index in [1.807, 2.05) is 0 Å². The molecule has 1 nitrogen and oxygen atoms in total. The van der Waals surface area contributed by atoms with Crippen molar-refractivity contribution in [1.82, 2.24) is 0 Å². The zero-order valence-corrected chi connectivity index (χ0v) is 6.65. The normalized spacial score (nSPS) is 35.2. The molecule has 8 heavy (non-hydrogen) atoms. The number of alkyl halides is 1. The molecule has 0 unspecified atom stereocenters. The number of hydrogen-bond acceptors (Lipinski definition) is 1. The Morgan fingerprint density at radius 1 is 1.50 bits per heavy atom. The maximum atomic E-state index is 5.26. The lowest BCUT2D eigenvalue weighted by Crippen LogP contribution is -1.92. The van der Waals surface area contributed by atoms with Gasteiger partial charge in [0.25, 0.3) is 0 Å². The SMILES string of the molecule is CCC[C@@H]1O[C@@H]1CBr. The lowest BCUT2D eigenvalue weighted by Gasteiger charge is -1.83. The fraction of sp³-hybridized carbons (Fsp3) is 1.00. The van der Waals surface area contributed by atoms with Crippen LogP contribution < -0.4 is 0 Å². The Morgan fingerprint density at radius 3 is 2.62 bits per heavy atom. The summed E-state index contributed by atoms with van der Waals surface area (Å²) in [6, 6.07) is 0. The van der Waals surface area contributed by atoms with Crippen molar-refractivity contribution in [2.24, 2.45) is 0 Å². The van der Waals surface area contributed by atoms with Crippen molar-refractivity contribution in [3.8, 4) is 0 Å². The first-order valence-electron chi connectivity index (χ1n) is 3.10. The minimum atomic E-state index is 0.537. The van der Waals surface area contributed by atoms with Crippen molar-refractivity contribution in [2.45, 2.75) is 32.0 Å². The molecule has 0 radical (unpaired) electrons. The van der Waals surface area contributed by atoms with Crippen LogP contribution in [0.25, 0.3) is 0 Å². The number of rotatable bonds is 3. The first-order valence-corrected chi connectivity index (χ1v) is 4.22. The van der Waals surface area contributed by atoms with E-state index in [2.05, 4.69) is 22.9 Å². The monoisotopic (exact) mass is 178 g/mol. The third kappa shape index (κ3) is 1.46. The Kier molecular flexibility index (Phi) is 2.32. The van der Waals surface area contributed by atoms with Crippen LogP contribution in [0.2, 0.25) is 0 Å². The molecule has 0 aromatic rings. The summed E-state index contributed by atoms with van der Waals surface area (Å²) in [5.41, 5.74) is 0. The number of hydrogen-bond donors (Lipinski definition) is 0.